The lowest BCUT2D eigenvalue weighted by molar-refractivity contribution is 0.442. The molecule has 0 atom stereocenters. The molecule has 0 aliphatic heterocycles. The maximum Gasteiger partial charge on any atom is 0.0410 e. The summed E-state index contributed by atoms with van der Waals surface area (Å²) in [5.41, 5.74) is 2.44. The van der Waals surface area contributed by atoms with Gasteiger partial charge in [0, 0.05) is 16.8 Å². The van der Waals surface area contributed by atoms with Gasteiger partial charge in [0.05, 0.1) is 0 Å². The highest BCUT2D eigenvalue weighted by Gasteiger charge is 2.13. The van der Waals surface area contributed by atoms with Gasteiger partial charge in [0.2, 0.25) is 0 Å². The van der Waals surface area contributed by atoms with Gasteiger partial charge in [0.1, 0.15) is 0 Å². The smallest absolute Gasteiger partial charge is 0.0410 e. The zero-order valence-corrected chi connectivity index (χ0v) is 13.0. The first-order chi connectivity index (χ1) is 8.38. The molecular formula is C16H26ClN. The summed E-state index contributed by atoms with van der Waals surface area (Å²) >= 11 is 5.99. The quantitative estimate of drug-likeness (QED) is 0.715. The van der Waals surface area contributed by atoms with Crippen LogP contribution in [0, 0.1) is 18.8 Å². The van der Waals surface area contributed by atoms with Crippen LogP contribution in [-0.4, -0.2) is 6.04 Å². The summed E-state index contributed by atoms with van der Waals surface area (Å²) in [6.07, 6.45) is 2.42. The van der Waals surface area contributed by atoms with Gasteiger partial charge < -0.3 is 5.32 Å². The van der Waals surface area contributed by atoms with Crippen molar-refractivity contribution in [2.75, 3.05) is 5.32 Å². The van der Waals surface area contributed by atoms with Crippen molar-refractivity contribution >= 4 is 17.3 Å². The molecule has 0 amide bonds. The average Bonchev–Trinajstić information content (AvgIpc) is 2.20. The Hall–Kier alpha value is -0.690. The molecule has 1 rings (SSSR count). The molecular weight excluding hydrogens is 242 g/mol. The number of aryl methyl sites for hydroxylation is 1. The highest BCUT2D eigenvalue weighted by atomic mass is 35.5. The molecule has 0 saturated carbocycles. The van der Waals surface area contributed by atoms with Gasteiger partial charge in [-0.25, -0.2) is 0 Å². The molecule has 1 N–H and O–H groups in total. The Morgan fingerprint density at radius 3 is 2.06 bits per heavy atom. The molecule has 0 aliphatic carbocycles. The minimum atomic E-state index is 0.546. The van der Waals surface area contributed by atoms with E-state index < -0.39 is 0 Å². The predicted molar refractivity (Wildman–Crippen MR) is 82.5 cm³/mol. The summed E-state index contributed by atoms with van der Waals surface area (Å²) < 4.78 is 0. The topological polar surface area (TPSA) is 12.0 Å². The van der Waals surface area contributed by atoms with E-state index in [2.05, 4.69) is 46.0 Å². The van der Waals surface area contributed by atoms with Crippen molar-refractivity contribution in [3.8, 4) is 0 Å². The van der Waals surface area contributed by atoms with Crippen molar-refractivity contribution in [1.29, 1.82) is 0 Å². The molecule has 2 heteroatoms. The van der Waals surface area contributed by atoms with Crippen LogP contribution in [0.15, 0.2) is 18.2 Å². The van der Waals surface area contributed by atoms with Crippen molar-refractivity contribution in [2.24, 2.45) is 11.8 Å². The molecule has 18 heavy (non-hydrogen) atoms. The Morgan fingerprint density at radius 2 is 1.61 bits per heavy atom. The standard InChI is InChI=1S/C16H26ClN/c1-11(2)8-15(9-12(3)4)18-16-7-6-14(17)10-13(16)5/h6-7,10-12,15,18H,8-9H2,1-5H3. The normalized spacial score (nSPS) is 11.6. The van der Waals surface area contributed by atoms with E-state index in [0.29, 0.717) is 17.9 Å². The third-order valence-electron chi connectivity index (χ3n) is 3.06. The Bertz CT molecular complexity index is 361. The van der Waals surface area contributed by atoms with E-state index >= 15 is 0 Å². The van der Waals surface area contributed by atoms with Gasteiger partial charge in [-0.2, -0.15) is 0 Å². The fraction of sp³-hybridized carbons (Fsp3) is 0.625. The Labute approximate surface area is 117 Å². The first kappa shape index (κ1) is 15.4. The van der Waals surface area contributed by atoms with Crippen LogP contribution in [0.5, 0.6) is 0 Å². The Kier molecular flexibility index (Phi) is 6.01. The first-order valence-corrected chi connectivity index (χ1v) is 7.29. The number of anilines is 1. The van der Waals surface area contributed by atoms with Crippen LogP contribution in [0.1, 0.15) is 46.1 Å². The third kappa shape index (κ3) is 5.30. The first-order valence-electron chi connectivity index (χ1n) is 6.91. The van der Waals surface area contributed by atoms with Gasteiger partial charge in [-0.05, 0) is 55.4 Å². The van der Waals surface area contributed by atoms with E-state index in [1.165, 1.54) is 24.1 Å². The summed E-state index contributed by atoms with van der Waals surface area (Å²) in [5.74, 6) is 1.43. The van der Waals surface area contributed by atoms with Gasteiger partial charge in [0.25, 0.3) is 0 Å². The van der Waals surface area contributed by atoms with E-state index in [1.54, 1.807) is 0 Å². The number of nitrogens with one attached hydrogen (secondary N) is 1. The van der Waals surface area contributed by atoms with Crippen LogP contribution in [0.3, 0.4) is 0 Å². The lowest BCUT2D eigenvalue weighted by Crippen LogP contribution is -2.24. The molecule has 0 unspecified atom stereocenters. The van der Waals surface area contributed by atoms with Crippen molar-refractivity contribution in [3.05, 3.63) is 28.8 Å². The summed E-state index contributed by atoms with van der Waals surface area (Å²) in [4.78, 5) is 0. The second kappa shape index (κ2) is 7.04. The molecule has 102 valence electrons. The SMILES string of the molecule is Cc1cc(Cl)ccc1NC(CC(C)C)CC(C)C. The summed E-state index contributed by atoms with van der Waals surface area (Å²) in [7, 11) is 0. The number of halogens is 1. The maximum atomic E-state index is 5.99. The van der Waals surface area contributed by atoms with Gasteiger partial charge in [-0.15, -0.1) is 0 Å². The van der Waals surface area contributed by atoms with Crippen molar-refractivity contribution in [1.82, 2.24) is 0 Å². The largest absolute Gasteiger partial charge is 0.382 e. The molecule has 1 aromatic rings. The highest BCUT2D eigenvalue weighted by Crippen LogP contribution is 2.23. The number of rotatable bonds is 6. The minimum absolute atomic E-state index is 0.546. The minimum Gasteiger partial charge on any atom is -0.382 e. The number of hydrogen-bond donors (Lipinski definition) is 1. The zero-order chi connectivity index (χ0) is 13.7. The fourth-order valence-electron chi connectivity index (χ4n) is 2.36. The molecule has 1 aromatic carbocycles. The van der Waals surface area contributed by atoms with Crippen molar-refractivity contribution in [3.63, 3.8) is 0 Å². The Balaban J connectivity index is 2.75. The van der Waals surface area contributed by atoms with E-state index in [0.717, 1.165) is 5.02 Å². The third-order valence-corrected chi connectivity index (χ3v) is 3.30. The van der Waals surface area contributed by atoms with Crippen molar-refractivity contribution in [2.45, 2.75) is 53.5 Å². The van der Waals surface area contributed by atoms with Crippen LogP contribution < -0.4 is 5.32 Å². The lowest BCUT2D eigenvalue weighted by Gasteiger charge is -2.24. The average molecular weight is 268 g/mol. The summed E-state index contributed by atoms with van der Waals surface area (Å²) in [6, 6.07) is 6.61. The van der Waals surface area contributed by atoms with Crippen LogP contribution >= 0.6 is 11.6 Å². The van der Waals surface area contributed by atoms with Gasteiger partial charge in [-0.1, -0.05) is 39.3 Å². The molecule has 1 nitrogen and oxygen atoms in total. The highest BCUT2D eigenvalue weighted by molar-refractivity contribution is 6.30. The molecule has 0 aliphatic rings. The monoisotopic (exact) mass is 267 g/mol. The molecule has 0 radical (unpaired) electrons. The molecule has 0 spiro atoms. The van der Waals surface area contributed by atoms with Crippen molar-refractivity contribution < 1.29 is 0 Å². The predicted octanol–water partition coefficient (Wildman–Crippen LogP) is 5.52. The van der Waals surface area contributed by atoms with Crippen LogP contribution in [0.2, 0.25) is 5.02 Å². The van der Waals surface area contributed by atoms with Gasteiger partial charge >= 0.3 is 0 Å². The molecule has 0 heterocycles. The van der Waals surface area contributed by atoms with E-state index in [9.17, 15) is 0 Å². The van der Waals surface area contributed by atoms with E-state index in [1.807, 2.05) is 12.1 Å². The second-order valence-electron chi connectivity index (χ2n) is 6.06. The van der Waals surface area contributed by atoms with Crippen LogP contribution in [0.4, 0.5) is 5.69 Å². The molecule has 0 fully saturated rings. The van der Waals surface area contributed by atoms with Gasteiger partial charge in [0.15, 0.2) is 0 Å². The number of benzene rings is 1. The summed E-state index contributed by atoms with van der Waals surface area (Å²) in [5, 5.41) is 4.49. The van der Waals surface area contributed by atoms with Crippen LogP contribution in [0.25, 0.3) is 0 Å². The van der Waals surface area contributed by atoms with E-state index in [-0.39, 0.29) is 0 Å². The number of hydrogen-bond acceptors (Lipinski definition) is 1. The molecule has 0 aromatic heterocycles. The maximum absolute atomic E-state index is 5.99. The van der Waals surface area contributed by atoms with E-state index in [4.69, 9.17) is 11.6 Å². The van der Waals surface area contributed by atoms with Crippen LogP contribution in [-0.2, 0) is 0 Å². The molecule has 0 bridgehead atoms. The Morgan fingerprint density at radius 1 is 1.06 bits per heavy atom. The summed E-state index contributed by atoms with van der Waals surface area (Å²) in [6.45, 7) is 11.2. The fourth-order valence-corrected chi connectivity index (χ4v) is 2.59. The zero-order valence-electron chi connectivity index (χ0n) is 12.3. The lowest BCUT2D eigenvalue weighted by atomic mass is 9.95. The molecule has 0 saturated heterocycles. The van der Waals surface area contributed by atoms with Gasteiger partial charge in [-0.3, -0.25) is 0 Å². The second-order valence-corrected chi connectivity index (χ2v) is 6.50.